The van der Waals surface area contributed by atoms with E-state index in [4.69, 9.17) is 12.7 Å². The molecule has 0 aliphatic carbocycles. The summed E-state index contributed by atoms with van der Waals surface area (Å²) in [5.74, 6) is -1.46. The first-order valence-corrected chi connectivity index (χ1v) is 16.3. The monoisotopic (exact) mass is 682 g/mol. The maximum absolute atomic E-state index is 15.6. The van der Waals surface area contributed by atoms with Gasteiger partial charge in [-0.3, -0.25) is 19.4 Å². The van der Waals surface area contributed by atoms with Crippen LogP contribution in [0.1, 0.15) is 65.0 Å². The molecule has 1 amide bonds. The Morgan fingerprint density at radius 1 is 0.961 bits per heavy atom. The molecule has 0 saturated heterocycles. The molecule has 3 aromatic carbocycles. The van der Waals surface area contributed by atoms with Crippen LogP contribution in [-0.4, -0.2) is 57.5 Å². The van der Waals surface area contributed by atoms with Gasteiger partial charge < -0.3 is 9.55 Å². The predicted octanol–water partition coefficient (Wildman–Crippen LogP) is 5.46. The van der Waals surface area contributed by atoms with Gasteiger partial charge in [0.15, 0.2) is 0 Å². The molecule has 0 aliphatic heterocycles. The van der Waals surface area contributed by atoms with Crippen LogP contribution in [0.4, 0.5) is 4.39 Å². The van der Waals surface area contributed by atoms with Crippen molar-refractivity contribution >= 4 is 24.7 Å². The van der Waals surface area contributed by atoms with Crippen molar-refractivity contribution < 1.29 is 13.8 Å². The van der Waals surface area contributed by atoms with E-state index >= 15 is 4.39 Å². The van der Waals surface area contributed by atoms with Crippen molar-refractivity contribution in [2.24, 2.45) is 7.05 Å². The normalized spacial score (nSPS) is 12.2. The molecule has 3 aromatic heterocycles. The van der Waals surface area contributed by atoms with E-state index in [0.29, 0.717) is 44.7 Å². The van der Waals surface area contributed by atoms with Gasteiger partial charge in [-0.25, -0.2) is 9.07 Å². The summed E-state index contributed by atoms with van der Waals surface area (Å²) in [6, 6.07) is 22.9. The summed E-state index contributed by atoms with van der Waals surface area (Å²) in [5, 5.41) is 9.32. The number of halogens is 1. The summed E-state index contributed by atoms with van der Waals surface area (Å²) in [7, 11) is 10.5. The van der Waals surface area contributed by atoms with E-state index in [-0.39, 0.29) is 28.9 Å². The fourth-order valence-electron chi connectivity index (χ4n) is 6.17. The highest BCUT2D eigenvalue weighted by Crippen LogP contribution is 2.33. The van der Waals surface area contributed by atoms with E-state index in [1.807, 2.05) is 51.1 Å². The number of benzene rings is 3. The zero-order chi connectivity index (χ0) is 36.6. The molecule has 0 N–H and O–H groups in total. The van der Waals surface area contributed by atoms with Crippen LogP contribution in [0.15, 0.2) is 101 Å². The van der Waals surface area contributed by atoms with Gasteiger partial charge in [-0.1, -0.05) is 63.2 Å². The Labute approximate surface area is 295 Å². The number of hydrogen-bond acceptors (Lipinski definition) is 7. The molecule has 0 saturated carbocycles. The summed E-state index contributed by atoms with van der Waals surface area (Å²) in [6.45, 7) is 5.74. The van der Waals surface area contributed by atoms with Gasteiger partial charge >= 0.3 is 0 Å². The second-order valence-corrected chi connectivity index (χ2v) is 13.6. The van der Waals surface area contributed by atoms with E-state index in [0.717, 1.165) is 15.8 Å². The molecule has 3 heterocycles. The molecule has 2 radical (unpaired) electrons. The molecule has 6 aromatic rings. The van der Waals surface area contributed by atoms with Crippen LogP contribution >= 0.6 is 0 Å². The second kappa shape index (κ2) is 13.9. The highest BCUT2D eigenvalue weighted by Gasteiger charge is 2.26. The standard InChI is InChI=1S/C39H36BFN6O4/c1-39(2,3)26-17-25-21-43-47(38(50)35(25)30(41)18-26)33-14-10-13-27(29(33)22-51-40)32-19-28(37(49)46(6)44-32)34(23-11-8-7-9-12-23)31-16-15-24(20-42-31)36(48)45(4)5/h7-21,34H,22H2,1-6H3. The van der Waals surface area contributed by atoms with Gasteiger partial charge in [0.1, 0.15) is 5.82 Å². The molecule has 51 heavy (non-hydrogen) atoms. The zero-order valence-corrected chi connectivity index (χ0v) is 29.2. The van der Waals surface area contributed by atoms with Crippen molar-refractivity contribution in [1.29, 1.82) is 0 Å². The number of amides is 1. The summed E-state index contributed by atoms with van der Waals surface area (Å²) in [5.41, 5.74) is 3.18. The Morgan fingerprint density at radius 2 is 1.71 bits per heavy atom. The van der Waals surface area contributed by atoms with Crippen molar-refractivity contribution in [3.63, 3.8) is 0 Å². The predicted molar refractivity (Wildman–Crippen MR) is 195 cm³/mol. The maximum atomic E-state index is 15.6. The first kappa shape index (κ1) is 35.1. The van der Waals surface area contributed by atoms with Gasteiger partial charge in [0, 0.05) is 49.4 Å². The van der Waals surface area contributed by atoms with Crippen LogP contribution in [0.5, 0.6) is 0 Å². The average Bonchev–Trinajstić information content (AvgIpc) is 3.10. The molecule has 0 bridgehead atoms. The van der Waals surface area contributed by atoms with Gasteiger partial charge in [-0.05, 0) is 52.9 Å². The number of aryl methyl sites for hydroxylation is 1. The van der Waals surface area contributed by atoms with Crippen LogP contribution in [-0.2, 0) is 23.7 Å². The number of pyridine rings is 1. The highest BCUT2D eigenvalue weighted by molar-refractivity contribution is 5.98. The summed E-state index contributed by atoms with van der Waals surface area (Å²) in [4.78, 5) is 46.4. The smallest absolute Gasteiger partial charge is 0.283 e. The lowest BCUT2D eigenvalue weighted by atomic mass is 9.86. The number of nitrogens with zero attached hydrogens (tertiary/aromatic N) is 6. The second-order valence-electron chi connectivity index (χ2n) is 13.6. The molecule has 0 spiro atoms. The van der Waals surface area contributed by atoms with Crippen molar-refractivity contribution in [2.45, 2.75) is 38.7 Å². The fraction of sp³-hybridized carbons (Fsp3) is 0.231. The van der Waals surface area contributed by atoms with Crippen molar-refractivity contribution in [2.75, 3.05) is 14.1 Å². The SMILES string of the molecule is [B]OCc1c(-c2cc(C(c3ccccc3)c3ccc(C(=O)N(C)C)cn3)c(=O)n(C)n2)cccc1-n1ncc2cc(C(C)(C)C)cc(F)c2c1=O. The van der Waals surface area contributed by atoms with Crippen molar-refractivity contribution in [3.8, 4) is 16.9 Å². The van der Waals surface area contributed by atoms with Gasteiger partial charge in [0.05, 0.1) is 46.7 Å². The molecule has 6 rings (SSSR count). The number of hydrogen-bond donors (Lipinski definition) is 0. The lowest BCUT2D eigenvalue weighted by molar-refractivity contribution is 0.0827. The lowest BCUT2D eigenvalue weighted by Gasteiger charge is -2.21. The number of rotatable bonds is 8. The third-order valence-corrected chi connectivity index (χ3v) is 8.86. The summed E-state index contributed by atoms with van der Waals surface area (Å²) >= 11 is 0. The number of fused-ring (bicyclic) bond motifs is 1. The lowest BCUT2D eigenvalue weighted by Crippen LogP contribution is -2.27. The first-order chi connectivity index (χ1) is 24.3. The fourth-order valence-corrected chi connectivity index (χ4v) is 6.17. The minimum atomic E-state index is -0.651. The molecule has 0 aliphatic rings. The molecule has 12 heteroatoms. The minimum Gasteiger partial charge on any atom is -0.443 e. The number of aromatic nitrogens is 5. The van der Waals surface area contributed by atoms with Crippen molar-refractivity contribution in [3.05, 3.63) is 151 Å². The minimum absolute atomic E-state index is 0.0953. The van der Waals surface area contributed by atoms with Crippen LogP contribution in [0.25, 0.3) is 27.7 Å². The molecule has 10 nitrogen and oxygen atoms in total. The van der Waals surface area contributed by atoms with Gasteiger partial charge in [0.25, 0.3) is 25.1 Å². The first-order valence-electron chi connectivity index (χ1n) is 16.3. The quantitative estimate of drug-likeness (QED) is 0.196. The highest BCUT2D eigenvalue weighted by atomic mass is 19.1. The zero-order valence-electron chi connectivity index (χ0n) is 29.2. The molecule has 0 fully saturated rings. The van der Waals surface area contributed by atoms with Crippen LogP contribution in [0.2, 0.25) is 0 Å². The third-order valence-electron chi connectivity index (χ3n) is 8.86. The third kappa shape index (κ3) is 6.74. The molecule has 256 valence electrons. The Balaban J connectivity index is 1.53. The topological polar surface area (TPSA) is 112 Å². The van der Waals surface area contributed by atoms with Crippen LogP contribution in [0.3, 0.4) is 0 Å². The van der Waals surface area contributed by atoms with Crippen molar-refractivity contribution in [1.82, 2.24) is 29.4 Å². The van der Waals surface area contributed by atoms with E-state index in [2.05, 4.69) is 15.2 Å². The van der Waals surface area contributed by atoms with E-state index in [9.17, 15) is 14.4 Å². The molecule has 1 atom stereocenters. The summed E-state index contributed by atoms with van der Waals surface area (Å²) in [6.07, 6.45) is 2.97. The average molecular weight is 683 g/mol. The van der Waals surface area contributed by atoms with Gasteiger partial charge in [-0.15, -0.1) is 0 Å². The Bertz CT molecular complexity index is 2390. The Kier molecular flexibility index (Phi) is 9.55. The van der Waals surface area contributed by atoms with Crippen LogP contribution < -0.4 is 11.1 Å². The molecular formula is C39H36BFN6O4. The number of carbonyl (C=O) groups is 1. The molecule has 1 unspecified atom stereocenters. The Hall–Kier alpha value is -5.75. The van der Waals surface area contributed by atoms with E-state index in [1.54, 1.807) is 63.6 Å². The van der Waals surface area contributed by atoms with Gasteiger partial charge in [-0.2, -0.15) is 14.9 Å². The number of carbonyl (C=O) groups excluding carboxylic acids is 1. The van der Waals surface area contributed by atoms with Gasteiger partial charge in [0.2, 0.25) is 0 Å². The van der Waals surface area contributed by atoms with Crippen LogP contribution in [0, 0.1) is 5.82 Å². The largest absolute Gasteiger partial charge is 0.443 e. The molecular weight excluding hydrogens is 646 g/mol. The van der Waals surface area contributed by atoms with E-state index < -0.39 is 17.3 Å². The summed E-state index contributed by atoms with van der Waals surface area (Å²) < 4.78 is 23.0. The Morgan fingerprint density at radius 3 is 2.35 bits per heavy atom. The maximum Gasteiger partial charge on any atom is 0.283 e. The van der Waals surface area contributed by atoms with E-state index in [1.165, 1.54) is 28.0 Å².